The largest absolute Gasteiger partial charge is 0.495 e. The normalized spacial score (nSPS) is 16.2. The van der Waals surface area contributed by atoms with E-state index in [2.05, 4.69) is 5.32 Å². The Morgan fingerprint density at radius 3 is 2.39 bits per heavy atom. The van der Waals surface area contributed by atoms with Crippen LogP contribution in [-0.4, -0.2) is 35.9 Å². The average molecular weight is 321 g/mol. The number of anilines is 1. The first kappa shape index (κ1) is 16.3. The standard InChI is InChI=1S/C15H15NO7/c1-15(2)22-13(19)9(14(20)23-15)7-16-11-8(12(17)18)5-4-6-10(11)21-3/h4-7,16H,1-3H3,(H,17,18). The highest BCUT2D eigenvalue weighted by atomic mass is 16.7. The van der Waals surface area contributed by atoms with E-state index in [1.807, 2.05) is 0 Å². The van der Waals surface area contributed by atoms with E-state index in [0.717, 1.165) is 6.20 Å². The molecule has 2 N–H and O–H groups in total. The first-order valence-electron chi connectivity index (χ1n) is 6.59. The van der Waals surface area contributed by atoms with Gasteiger partial charge in [-0.15, -0.1) is 0 Å². The van der Waals surface area contributed by atoms with Crippen molar-refractivity contribution in [2.45, 2.75) is 19.6 Å². The maximum atomic E-state index is 11.8. The summed E-state index contributed by atoms with van der Waals surface area (Å²) in [4.78, 5) is 34.9. The van der Waals surface area contributed by atoms with Gasteiger partial charge in [0.2, 0.25) is 0 Å². The molecule has 23 heavy (non-hydrogen) atoms. The zero-order valence-electron chi connectivity index (χ0n) is 12.7. The molecule has 1 aromatic carbocycles. The maximum Gasteiger partial charge on any atom is 0.350 e. The van der Waals surface area contributed by atoms with E-state index in [1.165, 1.54) is 39.2 Å². The molecule has 1 aliphatic heterocycles. The number of cyclic esters (lactones) is 2. The fraction of sp³-hybridized carbons (Fsp3) is 0.267. The summed E-state index contributed by atoms with van der Waals surface area (Å²) in [7, 11) is 1.37. The van der Waals surface area contributed by atoms with Crippen molar-refractivity contribution in [1.82, 2.24) is 0 Å². The van der Waals surface area contributed by atoms with E-state index in [4.69, 9.17) is 14.2 Å². The molecule has 2 rings (SSSR count). The monoisotopic (exact) mass is 321 g/mol. The molecule has 122 valence electrons. The van der Waals surface area contributed by atoms with Gasteiger partial charge in [0.1, 0.15) is 5.75 Å². The second-order valence-electron chi connectivity index (χ2n) is 5.07. The van der Waals surface area contributed by atoms with Gasteiger partial charge in [-0.3, -0.25) is 0 Å². The van der Waals surface area contributed by atoms with E-state index >= 15 is 0 Å². The number of carboxylic acids is 1. The molecule has 8 nitrogen and oxygen atoms in total. The van der Waals surface area contributed by atoms with Crippen LogP contribution >= 0.6 is 0 Å². The molecule has 1 aliphatic rings. The van der Waals surface area contributed by atoms with Gasteiger partial charge in [-0.2, -0.15) is 0 Å². The summed E-state index contributed by atoms with van der Waals surface area (Å²) in [5, 5.41) is 11.8. The van der Waals surface area contributed by atoms with E-state index in [1.54, 1.807) is 0 Å². The molecule has 8 heteroatoms. The highest BCUT2D eigenvalue weighted by molar-refractivity contribution is 6.15. The summed E-state index contributed by atoms with van der Waals surface area (Å²) < 4.78 is 15.0. The molecule has 0 unspecified atom stereocenters. The molecule has 1 aromatic rings. The molecule has 1 heterocycles. The van der Waals surface area contributed by atoms with Crippen LogP contribution < -0.4 is 10.1 Å². The number of carbonyl (C=O) groups is 3. The smallest absolute Gasteiger partial charge is 0.350 e. The van der Waals surface area contributed by atoms with Crippen LogP contribution in [0.1, 0.15) is 24.2 Å². The fourth-order valence-corrected chi connectivity index (χ4v) is 1.95. The minimum Gasteiger partial charge on any atom is -0.495 e. The Balaban J connectivity index is 2.35. The van der Waals surface area contributed by atoms with Gasteiger partial charge in [0.05, 0.1) is 18.4 Å². The number of nitrogens with one attached hydrogen (secondary N) is 1. The zero-order valence-corrected chi connectivity index (χ0v) is 12.7. The minimum absolute atomic E-state index is 0.0842. The zero-order chi connectivity index (χ0) is 17.2. The van der Waals surface area contributed by atoms with Gasteiger partial charge < -0.3 is 24.6 Å². The van der Waals surface area contributed by atoms with Crippen molar-refractivity contribution in [3.63, 3.8) is 0 Å². The van der Waals surface area contributed by atoms with Gasteiger partial charge in [0.15, 0.2) is 5.57 Å². The van der Waals surface area contributed by atoms with Crippen LogP contribution in [-0.2, 0) is 19.1 Å². The lowest BCUT2D eigenvalue weighted by molar-refractivity contribution is -0.222. The van der Waals surface area contributed by atoms with Crippen LogP contribution in [0, 0.1) is 0 Å². The number of benzene rings is 1. The van der Waals surface area contributed by atoms with Crippen molar-refractivity contribution >= 4 is 23.6 Å². The molecule has 0 radical (unpaired) electrons. The van der Waals surface area contributed by atoms with E-state index in [-0.39, 0.29) is 22.6 Å². The number of carboxylic acid groups (broad SMARTS) is 1. The molecule has 0 atom stereocenters. The third-order valence-electron chi connectivity index (χ3n) is 2.95. The van der Waals surface area contributed by atoms with Crippen LogP contribution in [0.2, 0.25) is 0 Å². The van der Waals surface area contributed by atoms with Gasteiger partial charge in [0.25, 0.3) is 5.79 Å². The predicted molar refractivity (Wildman–Crippen MR) is 77.9 cm³/mol. The van der Waals surface area contributed by atoms with E-state index in [9.17, 15) is 19.5 Å². The fourth-order valence-electron chi connectivity index (χ4n) is 1.95. The predicted octanol–water partition coefficient (Wildman–Crippen LogP) is 1.53. The minimum atomic E-state index is -1.35. The number of hydrogen-bond acceptors (Lipinski definition) is 7. The Bertz CT molecular complexity index is 684. The molecular weight excluding hydrogens is 306 g/mol. The lowest BCUT2D eigenvalue weighted by Crippen LogP contribution is -2.42. The third-order valence-corrected chi connectivity index (χ3v) is 2.95. The summed E-state index contributed by atoms with van der Waals surface area (Å²) in [5.41, 5.74) is -0.369. The molecular formula is C15H15NO7. The summed E-state index contributed by atoms with van der Waals surface area (Å²) in [6.45, 7) is 2.85. The number of ether oxygens (including phenoxy) is 3. The first-order valence-corrected chi connectivity index (χ1v) is 6.59. The van der Waals surface area contributed by atoms with Gasteiger partial charge >= 0.3 is 17.9 Å². The van der Waals surface area contributed by atoms with Crippen LogP contribution in [0.5, 0.6) is 5.75 Å². The molecule has 0 aliphatic carbocycles. The number of carbonyl (C=O) groups excluding carboxylic acids is 2. The van der Waals surface area contributed by atoms with Crippen molar-refractivity contribution < 1.29 is 33.7 Å². The summed E-state index contributed by atoms with van der Waals surface area (Å²) in [6.07, 6.45) is 1.03. The SMILES string of the molecule is COc1cccc(C(=O)O)c1NC=C1C(=O)OC(C)(C)OC1=O. The van der Waals surface area contributed by atoms with Crippen LogP contribution in [0.4, 0.5) is 5.69 Å². The van der Waals surface area contributed by atoms with Crippen LogP contribution in [0.3, 0.4) is 0 Å². The van der Waals surface area contributed by atoms with Crippen molar-refractivity contribution in [2.24, 2.45) is 0 Å². The Labute approximate surface area is 131 Å². The quantitative estimate of drug-likeness (QED) is 0.488. The van der Waals surface area contributed by atoms with Crippen LogP contribution in [0.25, 0.3) is 0 Å². The van der Waals surface area contributed by atoms with Crippen LogP contribution in [0.15, 0.2) is 30.0 Å². The second kappa shape index (κ2) is 5.99. The number of hydrogen-bond donors (Lipinski definition) is 2. The number of aromatic carboxylic acids is 1. The molecule has 0 bridgehead atoms. The molecule has 1 fully saturated rings. The maximum absolute atomic E-state index is 11.8. The first-order chi connectivity index (χ1) is 10.7. The Morgan fingerprint density at radius 2 is 1.87 bits per heavy atom. The second-order valence-corrected chi connectivity index (χ2v) is 5.07. The van der Waals surface area contributed by atoms with Gasteiger partial charge in [-0.05, 0) is 12.1 Å². The number of methoxy groups -OCH3 is 1. The molecule has 0 spiro atoms. The van der Waals surface area contributed by atoms with E-state index < -0.39 is 23.7 Å². The summed E-state index contributed by atoms with van der Waals surface area (Å²) >= 11 is 0. The van der Waals surface area contributed by atoms with Crippen molar-refractivity contribution in [3.8, 4) is 5.75 Å². The highest BCUT2D eigenvalue weighted by Gasteiger charge is 2.39. The molecule has 0 saturated carbocycles. The number of para-hydroxylation sites is 1. The third kappa shape index (κ3) is 3.42. The van der Waals surface area contributed by atoms with Crippen molar-refractivity contribution in [1.29, 1.82) is 0 Å². The van der Waals surface area contributed by atoms with Gasteiger partial charge in [-0.1, -0.05) is 6.07 Å². The van der Waals surface area contributed by atoms with Gasteiger partial charge in [-0.25, -0.2) is 14.4 Å². The van der Waals surface area contributed by atoms with Gasteiger partial charge in [0, 0.05) is 20.0 Å². The van der Waals surface area contributed by atoms with Crippen molar-refractivity contribution in [3.05, 3.63) is 35.5 Å². The Kier molecular flexibility index (Phi) is 4.26. The molecule has 0 amide bonds. The lowest BCUT2D eigenvalue weighted by atomic mass is 10.1. The lowest BCUT2D eigenvalue weighted by Gasteiger charge is -2.29. The molecule has 0 aromatic heterocycles. The topological polar surface area (TPSA) is 111 Å². The number of esters is 2. The Morgan fingerprint density at radius 1 is 1.26 bits per heavy atom. The number of rotatable bonds is 4. The summed E-state index contributed by atoms with van der Waals surface area (Å²) in [5.74, 6) is -4.04. The molecule has 1 saturated heterocycles. The highest BCUT2D eigenvalue weighted by Crippen LogP contribution is 2.29. The summed E-state index contributed by atoms with van der Waals surface area (Å²) in [6, 6.07) is 4.40. The van der Waals surface area contributed by atoms with Crippen molar-refractivity contribution in [2.75, 3.05) is 12.4 Å². The van der Waals surface area contributed by atoms with E-state index in [0.29, 0.717) is 0 Å². The Hall–Kier alpha value is -3.03. The average Bonchev–Trinajstić information content (AvgIpc) is 2.44.